The Morgan fingerprint density at radius 2 is 1.90 bits per heavy atom. The van der Waals surface area contributed by atoms with Crippen LogP contribution in [0.15, 0.2) is 59.1 Å². The number of anilines is 1. The van der Waals surface area contributed by atoms with Crippen molar-refractivity contribution in [1.29, 1.82) is 0 Å². The molecular formula is C29H26N6O6. The van der Waals surface area contributed by atoms with E-state index in [-0.39, 0.29) is 24.8 Å². The molecule has 208 valence electrons. The van der Waals surface area contributed by atoms with Gasteiger partial charge in [-0.25, -0.2) is 14.8 Å². The number of fused-ring (bicyclic) bond motifs is 2. The van der Waals surface area contributed by atoms with Gasteiger partial charge in [0.2, 0.25) is 0 Å². The number of rotatable bonds is 6. The minimum Gasteiger partial charge on any atom is -0.497 e. The van der Waals surface area contributed by atoms with E-state index in [4.69, 9.17) is 18.9 Å². The van der Waals surface area contributed by atoms with E-state index in [1.807, 2.05) is 24.3 Å². The van der Waals surface area contributed by atoms with Gasteiger partial charge in [0.05, 0.1) is 32.6 Å². The summed E-state index contributed by atoms with van der Waals surface area (Å²) in [7, 11) is 1.53. The van der Waals surface area contributed by atoms with Crippen LogP contribution in [-0.2, 0) is 21.6 Å². The maximum absolute atomic E-state index is 13.3. The number of ether oxygens (including phenoxy) is 2. The number of imide groups is 1. The van der Waals surface area contributed by atoms with Crippen molar-refractivity contribution in [1.82, 2.24) is 25.5 Å². The third kappa shape index (κ3) is 4.23. The molecule has 0 aliphatic carbocycles. The second-order valence-corrected chi connectivity index (χ2v) is 10.2. The lowest BCUT2D eigenvalue weighted by molar-refractivity contribution is -0.125. The van der Waals surface area contributed by atoms with Gasteiger partial charge >= 0.3 is 6.03 Å². The van der Waals surface area contributed by atoms with Crippen molar-refractivity contribution < 1.29 is 28.3 Å². The molecule has 4 aromatic rings. The molecule has 0 saturated carbocycles. The van der Waals surface area contributed by atoms with Crippen LogP contribution in [0.4, 0.5) is 10.6 Å². The number of nitrogens with zero attached hydrogens (tertiary/aromatic N) is 4. The first-order valence-electron chi connectivity index (χ1n) is 13.2. The van der Waals surface area contributed by atoms with Gasteiger partial charge in [-0.1, -0.05) is 6.07 Å². The van der Waals surface area contributed by atoms with Crippen LogP contribution in [0, 0.1) is 0 Å². The summed E-state index contributed by atoms with van der Waals surface area (Å²) in [4.78, 5) is 51.9. The predicted molar refractivity (Wildman–Crippen MR) is 146 cm³/mol. The number of hydrogen-bond donors (Lipinski definition) is 2. The molecular weight excluding hydrogens is 528 g/mol. The molecule has 3 aromatic heterocycles. The number of carbonyl (C=O) groups excluding carboxylic acids is 3. The number of nitrogens with one attached hydrogen (secondary N) is 2. The summed E-state index contributed by atoms with van der Waals surface area (Å²) in [5.41, 5.74) is 2.12. The summed E-state index contributed by atoms with van der Waals surface area (Å²) in [5.74, 6) is 0.752. The van der Waals surface area contributed by atoms with E-state index in [9.17, 15) is 14.4 Å². The van der Waals surface area contributed by atoms with Crippen LogP contribution in [0.25, 0.3) is 22.4 Å². The van der Waals surface area contributed by atoms with Gasteiger partial charge in [-0.2, -0.15) is 0 Å². The first-order chi connectivity index (χ1) is 19.9. The van der Waals surface area contributed by atoms with E-state index in [0.717, 1.165) is 30.0 Å². The average Bonchev–Trinajstić information content (AvgIpc) is 3.66. The fourth-order valence-corrected chi connectivity index (χ4v) is 5.55. The van der Waals surface area contributed by atoms with Crippen molar-refractivity contribution >= 4 is 34.8 Å². The Bertz CT molecular complexity index is 1700. The van der Waals surface area contributed by atoms with Crippen molar-refractivity contribution in [2.24, 2.45) is 0 Å². The Morgan fingerprint density at radius 1 is 1.05 bits per heavy atom. The van der Waals surface area contributed by atoms with E-state index >= 15 is 0 Å². The van der Waals surface area contributed by atoms with Gasteiger partial charge in [0.1, 0.15) is 22.8 Å². The quantitative estimate of drug-likeness (QED) is 0.344. The van der Waals surface area contributed by atoms with E-state index in [1.54, 1.807) is 30.5 Å². The highest BCUT2D eigenvalue weighted by Crippen LogP contribution is 2.35. The van der Waals surface area contributed by atoms with Gasteiger partial charge < -0.3 is 29.0 Å². The molecule has 3 aliphatic rings. The summed E-state index contributed by atoms with van der Waals surface area (Å²) >= 11 is 0. The molecule has 4 amide bonds. The number of methoxy groups -OCH3 is 1. The Kier molecular flexibility index (Phi) is 5.86. The molecule has 0 bridgehead atoms. The van der Waals surface area contributed by atoms with E-state index < -0.39 is 17.5 Å². The van der Waals surface area contributed by atoms with Crippen molar-refractivity contribution in [2.75, 3.05) is 44.9 Å². The minimum absolute atomic E-state index is 0.125. The third-order valence-corrected chi connectivity index (χ3v) is 7.74. The van der Waals surface area contributed by atoms with E-state index in [1.165, 1.54) is 12.0 Å². The summed E-state index contributed by atoms with van der Waals surface area (Å²) in [6.45, 7) is 3.10. The van der Waals surface area contributed by atoms with E-state index in [2.05, 4.69) is 20.5 Å². The Hall–Kier alpha value is -4.97. The first-order valence-corrected chi connectivity index (χ1v) is 13.2. The van der Waals surface area contributed by atoms with Crippen LogP contribution >= 0.6 is 0 Å². The molecule has 41 heavy (non-hydrogen) atoms. The monoisotopic (exact) mass is 554 g/mol. The van der Waals surface area contributed by atoms with Crippen LogP contribution in [0.5, 0.6) is 5.75 Å². The number of urea groups is 1. The Labute approximate surface area is 234 Å². The van der Waals surface area contributed by atoms with Gasteiger partial charge in [-0.15, -0.1) is 0 Å². The molecule has 0 unspecified atom stereocenters. The van der Waals surface area contributed by atoms with Crippen molar-refractivity contribution in [2.45, 2.75) is 12.1 Å². The lowest BCUT2D eigenvalue weighted by Gasteiger charge is -2.28. The number of furan rings is 1. The molecule has 12 nitrogen and oxygen atoms in total. The molecule has 2 fully saturated rings. The first kappa shape index (κ1) is 25.0. The lowest BCUT2D eigenvalue weighted by Crippen LogP contribution is -2.52. The number of benzene rings is 1. The topological polar surface area (TPSA) is 139 Å². The fourth-order valence-electron chi connectivity index (χ4n) is 5.55. The van der Waals surface area contributed by atoms with Crippen LogP contribution in [0.2, 0.25) is 0 Å². The lowest BCUT2D eigenvalue weighted by atomic mass is 9.95. The SMILES string of the molecule is COc1ccc2c(c1)C(=O)N(C[C@@]1(c3cc4nc(-c5ccc(N6CCOCC6)nc5)ccc4o3)NC(=O)NC1=O)C2. The molecule has 3 aliphatic heterocycles. The van der Waals surface area contributed by atoms with Crippen molar-refractivity contribution in [3.05, 3.63) is 71.6 Å². The zero-order valence-corrected chi connectivity index (χ0v) is 22.2. The van der Waals surface area contributed by atoms with Crippen molar-refractivity contribution in [3.8, 4) is 17.0 Å². The zero-order chi connectivity index (χ0) is 28.1. The summed E-state index contributed by atoms with van der Waals surface area (Å²) < 4.78 is 16.8. The molecule has 1 atom stereocenters. The normalized spacial score (nSPS) is 20.4. The largest absolute Gasteiger partial charge is 0.497 e. The van der Waals surface area contributed by atoms with Crippen LogP contribution in [-0.4, -0.2) is 72.7 Å². The van der Waals surface area contributed by atoms with E-state index in [0.29, 0.717) is 41.3 Å². The highest BCUT2D eigenvalue weighted by atomic mass is 16.5. The van der Waals surface area contributed by atoms with Crippen LogP contribution < -0.4 is 20.3 Å². The van der Waals surface area contributed by atoms with Crippen LogP contribution in [0.3, 0.4) is 0 Å². The molecule has 2 saturated heterocycles. The predicted octanol–water partition coefficient (Wildman–Crippen LogP) is 2.43. The number of aromatic nitrogens is 2. The van der Waals surface area contributed by atoms with Crippen molar-refractivity contribution in [3.63, 3.8) is 0 Å². The van der Waals surface area contributed by atoms with Gasteiger partial charge in [-0.3, -0.25) is 14.9 Å². The van der Waals surface area contributed by atoms with Crippen LogP contribution in [0.1, 0.15) is 21.7 Å². The molecule has 0 radical (unpaired) electrons. The second-order valence-electron chi connectivity index (χ2n) is 10.2. The smallest absolute Gasteiger partial charge is 0.322 e. The maximum Gasteiger partial charge on any atom is 0.322 e. The average molecular weight is 555 g/mol. The standard InChI is InChI=1S/C29H26N6O6/c1-39-19-4-2-18-15-35(26(36)20(18)12-19)16-29(27(37)32-28(38)33-29)24-13-22-23(41-24)6-5-21(31-22)17-3-7-25(30-14-17)34-8-10-40-11-9-34/h2-7,12-14H,8-11,15-16H2,1H3,(H2,32,33,37,38)/t29-/m0/s1. The minimum atomic E-state index is -1.62. The van der Waals surface area contributed by atoms with Gasteiger partial charge in [0, 0.05) is 43.0 Å². The Morgan fingerprint density at radius 3 is 2.63 bits per heavy atom. The molecule has 6 heterocycles. The number of pyridine rings is 2. The zero-order valence-electron chi connectivity index (χ0n) is 22.2. The number of carbonyl (C=O) groups is 3. The summed E-state index contributed by atoms with van der Waals surface area (Å²) in [6, 6.07) is 13.7. The van der Waals surface area contributed by atoms with Gasteiger partial charge in [-0.05, 0) is 42.0 Å². The summed E-state index contributed by atoms with van der Waals surface area (Å²) in [6.07, 6.45) is 1.78. The molecule has 0 spiro atoms. The number of hydrogen-bond acceptors (Lipinski definition) is 9. The second kappa shape index (κ2) is 9.59. The highest BCUT2D eigenvalue weighted by Gasteiger charge is 2.53. The van der Waals surface area contributed by atoms with Gasteiger partial charge in [0.15, 0.2) is 11.1 Å². The maximum atomic E-state index is 13.3. The molecule has 2 N–H and O–H groups in total. The fraction of sp³-hybridized carbons (Fsp3) is 0.276. The molecule has 1 aromatic carbocycles. The Balaban J connectivity index is 1.19. The third-order valence-electron chi connectivity index (χ3n) is 7.74. The number of amides is 4. The van der Waals surface area contributed by atoms with Gasteiger partial charge in [0.25, 0.3) is 11.8 Å². The number of morpholine rings is 1. The molecule has 7 rings (SSSR count). The highest BCUT2D eigenvalue weighted by molar-refractivity contribution is 6.08. The molecule has 12 heteroatoms. The summed E-state index contributed by atoms with van der Waals surface area (Å²) in [5, 5.41) is 5.01.